The lowest BCUT2D eigenvalue weighted by molar-refractivity contribution is 0.557. The van der Waals surface area contributed by atoms with Crippen molar-refractivity contribution in [3.05, 3.63) is 29.3 Å². The Morgan fingerprint density at radius 3 is 2.82 bits per heavy atom. The van der Waals surface area contributed by atoms with Gasteiger partial charge in [-0.25, -0.2) is 0 Å². The van der Waals surface area contributed by atoms with Crippen molar-refractivity contribution in [1.82, 2.24) is 0 Å². The monoisotopic (exact) mass is 187 g/mol. The number of halogens is 1. The third kappa shape index (κ3) is 2.74. The minimum absolute atomic E-state index is 0.00716. The molecule has 58 valence electrons. The standard InChI is InChI=1S/C7H6ClNOS/c8-5-2-1-3-6(4-5)10-7(9)11/h1-4H,(H2,9,11). The zero-order valence-corrected chi connectivity index (χ0v) is 7.15. The summed E-state index contributed by atoms with van der Waals surface area (Å²) in [6.45, 7) is 0. The Balaban J connectivity index is 2.79. The van der Waals surface area contributed by atoms with Crippen LogP contribution in [-0.2, 0) is 0 Å². The zero-order chi connectivity index (χ0) is 8.27. The van der Waals surface area contributed by atoms with E-state index in [1.807, 2.05) is 0 Å². The average molecular weight is 188 g/mol. The van der Waals surface area contributed by atoms with Gasteiger partial charge in [-0.2, -0.15) is 0 Å². The highest BCUT2D eigenvalue weighted by molar-refractivity contribution is 7.80. The molecule has 0 aliphatic heterocycles. The maximum absolute atomic E-state index is 5.66. The molecule has 4 heteroatoms. The number of thiocarbonyl (C=S) groups is 1. The summed E-state index contributed by atoms with van der Waals surface area (Å²) in [5.41, 5.74) is 5.14. The molecule has 11 heavy (non-hydrogen) atoms. The van der Waals surface area contributed by atoms with Crippen molar-refractivity contribution in [1.29, 1.82) is 0 Å². The normalized spacial score (nSPS) is 9.18. The van der Waals surface area contributed by atoms with E-state index in [4.69, 9.17) is 22.1 Å². The highest BCUT2D eigenvalue weighted by Gasteiger charge is 1.94. The van der Waals surface area contributed by atoms with Crippen LogP contribution in [0.5, 0.6) is 5.75 Å². The molecule has 0 aliphatic rings. The molecule has 2 nitrogen and oxygen atoms in total. The fraction of sp³-hybridized carbons (Fsp3) is 0. The van der Waals surface area contributed by atoms with Gasteiger partial charge >= 0.3 is 0 Å². The Morgan fingerprint density at radius 1 is 1.55 bits per heavy atom. The van der Waals surface area contributed by atoms with Crippen molar-refractivity contribution in [3.8, 4) is 5.75 Å². The number of hydrogen-bond acceptors (Lipinski definition) is 2. The lowest BCUT2D eigenvalue weighted by Gasteiger charge is -2.01. The highest BCUT2D eigenvalue weighted by atomic mass is 35.5. The second-order valence-electron chi connectivity index (χ2n) is 1.88. The summed E-state index contributed by atoms with van der Waals surface area (Å²) in [5.74, 6) is 0.560. The topological polar surface area (TPSA) is 35.2 Å². The van der Waals surface area contributed by atoms with E-state index in [0.29, 0.717) is 10.8 Å². The number of benzene rings is 1. The second kappa shape index (κ2) is 3.55. The number of ether oxygens (including phenoxy) is 1. The summed E-state index contributed by atoms with van der Waals surface area (Å²) in [6.07, 6.45) is 0. The number of nitrogens with two attached hydrogens (primary N) is 1. The summed E-state index contributed by atoms with van der Waals surface area (Å²) in [5, 5.41) is 0.589. The van der Waals surface area contributed by atoms with Gasteiger partial charge in [-0.15, -0.1) is 0 Å². The molecule has 0 bridgehead atoms. The minimum Gasteiger partial charge on any atom is -0.432 e. The molecular formula is C7H6ClNOS. The maximum atomic E-state index is 5.66. The first-order valence-electron chi connectivity index (χ1n) is 2.91. The quantitative estimate of drug-likeness (QED) is 0.683. The van der Waals surface area contributed by atoms with Gasteiger partial charge < -0.3 is 10.5 Å². The largest absolute Gasteiger partial charge is 0.432 e. The van der Waals surface area contributed by atoms with Crippen molar-refractivity contribution in [2.24, 2.45) is 5.73 Å². The fourth-order valence-electron chi connectivity index (χ4n) is 0.647. The van der Waals surface area contributed by atoms with Crippen molar-refractivity contribution >= 4 is 29.0 Å². The SMILES string of the molecule is NC(=S)Oc1cccc(Cl)c1. The van der Waals surface area contributed by atoms with Crippen LogP contribution in [0.25, 0.3) is 0 Å². The minimum atomic E-state index is -0.00716. The predicted molar refractivity (Wildman–Crippen MR) is 48.9 cm³/mol. The Bertz CT molecular complexity index is 277. The predicted octanol–water partition coefficient (Wildman–Crippen LogP) is 1.96. The van der Waals surface area contributed by atoms with Crippen molar-refractivity contribution in [2.45, 2.75) is 0 Å². The molecule has 0 amide bonds. The van der Waals surface area contributed by atoms with E-state index >= 15 is 0 Å². The third-order valence-corrected chi connectivity index (χ3v) is 1.33. The number of hydrogen-bond donors (Lipinski definition) is 1. The van der Waals surface area contributed by atoms with Gasteiger partial charge in [0.1, 0.15) is 5.75 Å². The Morgan fingerprint density at radius 2 is 2.27 bits per heavy atom. The smallest absolute Gasteiger partial charge is 0.259 e. The summed E-state index contributed by atoms with van der Waals surface area (Å²) in [6, 6.07) is 6.87. The van der Waals surface area contributed by atoms with Gasteiger partial charge in [-0.3, -0.25) is 0 Å². The first-order valence-corrected chi connectivity index (χ1v) is 3.70. The first-order chi connectivity index (χ1) is 5.18. The molecule has 0 saturated heterocycles. The molecule has 1 aromatic rings. The van der Waals surface area contributed by atoms with Crippen LogP contribution in [0.2, 0.25) is 5.02 Å². The van der Waals surface area contributed by atoms with E-state index in [0.717, 1.165) is 0 Å². The van der Waals surface area contributed by atoms with Crippen LogP contribution in [0.3, 0.4) is 0 Å². The van der Waals surface area contributed by atoms with Crippen LogP contribution in [0.1, 0.15) is 0 Å². The molecule has 0 atom stereocenters. The molecule has 1 aromatic carbocycles. The van der Waals surface area contributed by atoms with E-state index in [9.17, 15) is 0 Å². The van der Waals surface area contributed by atoms with E-state index < -0.39 is 0 Å². The molecule has 0 radical (unpaired) electrons. The second-order valence-corrected chi connectivity index (χ2v) is 2.72. The van der Waals surface area contributed by atoms with Crippen molar-refractivity contribution < 1.29 is 4.74 Å². The molecule has 0 saturated carbocycles. The Hall–Kier alpha value is -0.800. The molecule has 1 rings (SSSR count). The number of rotatable bonds is 1. The Kier molecular flexibility index (Phi) is 2.68. The molecule has 0 fully saturated rings. The van der Waals surface area contributed by atoms with E-state index in [-0.39, 0.29) is 5.17 Å². The van der Waals surface area contributed by atoms with Gasteiger partial charge in [0.15, 0.2) is 0 Å². The molecule has 0 aromatic heterocycles. The molecule has 2 N–H and O–H groups in total. The van der Waals surface area contributed by atoms with Gasteiger partial charge in [0.2, 0.25) is 0 Å². The van der Waals surface area contributed by atoms with E-state index in [1.54, 1.807) is 24.3 Å². The van der Waals surface area contributed by atoms with Gasteiger partial charge in [-0.05, 0) is 30.4 Å². The zero-order valence-electron chi connectivity index (χ0n) is 5.58. The maximum Gasteiger partial charge on any atom is 0.259 e. The van der Waals surface area contributed by atoms with E-state index in [2.05, 4.69) is 12.2 Å². The third-order valence-electron chi connectivity index (χ3n) is 1.01. The lowest BCUT2D eigenvalue weighted by Crippen LogP contribution is -2.15. The molecule has 0 aliphatic carbocycles. The van der Waals surface area contributed by atoms with Gasteiger partial charge in [0.25, 0.3) is 5.17 Å². The Labute approximate surface area is 74.9 Å². The van der Waals surface area contributed by atoms with Crippen LogP contribution in [0, 0.1) is 0 Å². The molecule has 0 spiro atoms. The fourth-order valence-corrected chi connectivity index (χ4v) is 0.923. The molecule has 0 unspecified atom stereocenters. The van der Waals surface area contributed by atoms with Gasteiger partial charge in [0.05, 0.1) is 0 Å². The summed E-state index contributed by atoms with van der Waals surface area (Å²) < 4.78 is 4.92. The van der Waals surface area contributed by atoms with Gasteiger partial charge in [0, 0.05) is 5.02 Å². The van der Waals surface area contributed by atoms with Crippen LogP contribution in [0.4, 0.5) is 0 Å². The van der Waals surface area contributed by atoms with Crippen molar-refractivity contribution in [3.63, 3.8) is 0 Å². The van der Waals surface area contributed by atoms with E-state index in [1.165, 1.54) is 0 Å². The van der Waals surface area contributed by atoms with Crippen LogP contribution >= 0.6 is 23.8 Å². The van der Waals surface area contributed by atoms with Crippen LogP contribution in [0.15, 0.2) is 24.3 Å². The average Bonchev–Trinajstić information content (AvgIpc) is 1.85. The van der Waals surface area contributed by atoms with Crippen LogP contribution in [-0.4, -0.2) is 5.17 Å². The summed E-state index contributed by atoms with van der Waals surface area (Å²) in [4.78, 5) is 0. The first kappa shape index (κ1) is 8.30. The molecular weight excluding hydrogens is 182 g/mol. The summed E-state index contributed by atoms with van der Waals surface area (Å²) >= 11 is 10.2. The van der Waals surface area contributed by atoms with Crippen molar-refractivity contribution in [2.75, 3.05) is 0 Å². The molecule has 0 heterocycles. The van der Waals surface area contributed by atoms with Gasteiger partial charge in [-0.1, -0.05) is 17.7 Å². The lowest BCUT2D eigenvalue weighted by atomic mass is 10.3. The highest BCUT2D eigenvalue weighted by Crippen LogP contribution is 2.16. The summed E-state index contributed by atoms with van der Waals surface area (Å²) in [7, 11) is 0. The van der Waals surface area contributed by atoms with Crippen LogP contribution < -0.4 is 10.5 Å².